The van der Waals surface area contributed by atoms with Gasteiger partial charge in [0.2, 0.25) is 10.0 Å². The Labute approximate surface area is 182 Å². The zero-order valence-electron chi connectivity index (χ0n) is 17.9. The third kappa shape index (κ3) is 5.15. The van der Waals surface area contributed by atoms with Crippen LogP contribution < -0.4 is 4.72 Å². The molecule has 1 aromatic rings. The molecule has 0 amide bonds. The number of nitrogens with one attached hydrogen (secondary N) is 1. The van der Waals surface area contributed by atoms with Gasteiger partial charge in [0.15, 0.2) is 0 Å². The molecule has 9 heteroatoms. The molecule has 0 heterocycles. The number of fused-ring (bicyclic) bond motifs is 2. The predicted octanol–water partition coefficient (Wildman–Crippen LogP) is 4.13. The van der Waals surface area contributed by atoms with Gasteiger partial charge in [0.05, 0.1) is 9.82 Å². The molecule has 1 aromatic carbocycles. The molecule has 4 rings (SSSR count). The summed E-state index contributed by atoms with van der Waals surface area (Å²) >= 11 is 0. The van der Waals surface area contributed by atoms with Crippen molar-refractivity contribution >= 4 is 21.7 Å². The minimum atomic E-state index is -3.80. The van der Waals surface area contributed by atoms with Crippen molar-refractivity contribution in [1.29, 1.82) is 0 Å². The van der Waals surface area contributed by atoms with E-state index in [0.717, 1.165) is 19.3 Å². The van der Waals surface area contributed by atoms with E-state index in [2.05, 4.69) is 18.6 Å². The number of unbranched alkanes of at least 4 members (excludes halogenated alkanes) is 1. The maximum atomic E-state index is 13.0. The summed E-state index contributed by atoms with van der Waals surface area (Å²) in [6.07, 6.45) is 8.12. The van der Waals surface area contributed by atoms with Crippen LogP contribution in [0.2, 0.25) is 0 Å². The van der Waals surface area contributed by atoms with E-state index in [9.17, 15) is 23.3 Å². The van der Waals surface area contributed by atoms with Crippen LogP contribution in [0.25, 0.3) is 0 Å². The summed E-state index contributed by atoms with van der Waals surface area (Å²) < 4.78 is 29.0. The second kappa shape index (κ2) is 9.08. The van der Waals surface area contributed by atoms with Crippen molar-refractivity contribution in [1.82, 2.24) is 4.72 Å². The van der Waals surface area contributed by atoms with Crippen LogP contribution in [0.4, 0.5) is 5.69 Å². The van der Waals surface area contributed by atoms with Crippen molar-refractivity contribution in [3.63, 3.8) is 0 Å². The number of nitro groups is 1. The fourth-order valence-corrected chi connectivity index (χ4v) is 6.43. The molecule has 4 unspecified atom stereocenters. The lowest BCUT2D eigenvalue weighted by Gasteiger charge is -2.62. The third-order valence-electron chi connectivity index (χ3n) is 7.09. The first-order chi connectivity index (χ1) is 14.5. The summed E-state index contributed by atoms with van der Waals surface area (Å²) in [6.45, 7) is 4.38. The van der Waals surface area contributed by atoms with E-state index in [1.54, 1.807) is 0 Å². The van der Waals surface area contributed by atoms with Gasteiger partial charge in [-0.3, -0.25) is 14.9 Å². The van der Waals surface area contributed by atoms with Crippen molar-refractivity contribution in [3.8, 4) is 0 Å². The van der Waals surface area contributed by atoms with Gasteiger partial charge in [0, 0.05) is 24.6 Å². The van der Waals surface area contributed by atoms with Crippen LogP contribution in [0.3, 0.4) is 0 Å². The second-order valence-corrected chi connectivity index (χ2v) is 11.0. The highest BCUT2D eigenvalue weighted by atomic mass is 32.2. The average Bonchev–Trinajstić information content (AvgIpc) is 2.70. The number of sulfonamides is 1. The number of carboxylic acid groups (broad SMARTS) is 1. The van der Waals surface area contributed by atoms with Gasteiger partial charge in [0.1, 0.15) is 0 Å². The summed E-state index contributed by atoms with van der Waals surface area (Å²) in [5.41, 5.74) is -0.0739. The highest BCUT2D eigenvalue weighted by Gasteiger charge is 2.58. The molecule has 2 N–H and O–H groups in total. The average molecular weight is 451 g/mol. The Balaban J connectivity index is 1.70. The first-order valence-electron chi connectivity index (χ1n) is 10.7. The van der Waals surface area contributed by atoms with Gasteiger partial charge >= 0.3 is 5.97 Å². The molecule has 0 aromatic heterocycles. The lowest BCUT2D eigenvalue weighted by molar-refractivity contribution is -0.384. The maximum Gasteiger partial charge on any atom is 0.303 e. The standard InChI is InChI=1S/C22H30N2O6S/c1-22(2)16-13-15(7-5-3-4-6-8-20(25)26)21(19(22)14-16)23-31(29,30)18-11-9-17(10-12-18)24(27)28/h3,5,9-12,15-16,19,21,23H,4,6-8,13-14H2,1-2H3,(H,25,26)/b5-3+. The fraction of sp³-hybridized carbons (Fsp3) is 0.591. The molecule has 0 saturated heterocycles. The van der Waals surface area contributed by atoms with Gasteiger partial charge in [-0.1, -0.05) is 26.0 Å². The number of aliphatic carboxylic acids is 1. The van der Waals surface area contributed by atoms with Crippen molar-refractivity contribution in [2.45, 2.75) is 63.3 Å². The maximum absolute atomic E-state index is 13.0. The number of nitrogens with zero attached hydrogens (tertiary/aromatic N) is 1. The van der Waals surface area contributed by atoms with Crippen LogP contribution in [-0.2, 0) is 14.8 Å². The summed E-state index contributed by atoms with van der Waals surface area (Å²) in [5.74, 6) is 0.177. The van der Waals surface area contributed by atoms with Crippen LogP contribution in [-0.4, -0.2) is 30.5 Å². The van der Waals surface area contributed by atoms with Crippen LogP contribution >= 0.6 is 0 Å². The van der Waals surface area contributed by atoms with E-state index in [1.807, 2.05) is 12.2 Å². The number of hydrogen-bond acceptors (Lipinski definition) is 5. The monoisotopic (exact) mass is 450 g/mol. The molecule has 3 aliphatic rings. The number of rotatable bonds is 10. The van der Waals surface area contributed by atoms with Gasteiger partial charge in [-0.2, -0.15) is 0 Å². The molecule has 0 aliphatic heterocycles. The molecule has 3 saturated carbocycles. The molecule has 0 radical (unpaired) electrons. The van der Waals surface area contributed by atoms with Gasteiger partial charge in [0.25, 0.3) is 5.69 Å². The minimum absolute atomic E-state index is 0.0281. The Hall–Kier alpha value is -2.26. The molecule has 0 spiro atoms. The van der Waals surface area contributed by atoms with Crippen LogP contribution in [0.15, 0.2) is 41.3 Å². The number of non-ortho nitro benzene ring substituents is 1. The first kappa shape index (κ1) is 23.4. The molecule has 8 nitrogen and oxygen atoms in total. The molecular weight excluding hydrogens is 420 g/mol. The summed E-state index contributed by atoms with van der Waals surface area (Å²) in [6, 6.07) is 4.75. The van der Waals surface area contributed by atoms with Crippen LogP contribution in [0.1, 0.15) is 52.4 Å². The number of allylic oxidation sites excluding steroid dienone is 2. The Morgan fingerprint density at radius 1 is 1.26 bits per heavy atom. The van der Waals surface area contributed by atoms with Crippen LogP contribution in [0.5, 0.6) is 0 Å². The van der Waals surface area contributed by atoms with E-state index >= 15 is 0 Å². The van der Waals surface area contributed by atoms with Crippen molar-refractivity contribution < 1.29 is 23.2 Å². The minimum Gasteiger partial charge on any atom is -0.481 e. The molecular formula is C22H30N2O6S. The topological polar surface area (TPSA) is 127 Å². The Morgan fingerprint density at radius 3 is 2.52 bits per heavy atom. The number of nitro benzene ring substituents is 1. The lowest BCUT2D eigenvalue weighted by atomic mass is 9.45. The number of carboxylic acids is 1. The van der Waals surface area contributed by atoms with Crippen LogP contribution in [0, 0.1) is 33.3 Å². The SMILES string of the molecule is CC1(C)C2CC(C/C=C/CCCC(=O)O)C(NS(=O)(=O)c3ccc([N+](=O)[O-])cc3)C1C2. The number of benzene rings is 1. The molecule has 170 valence electrons. The smallest absolute Gasteiger partial charge is 0.303 e. The summed E-state index contributed by atoms with van der Waals surface area (Å²) in [4.78, 5) is 20.9. The van der Waals surface area contributed by atoms with Crippen molar-refractivity contribution in [3.05, 3.63) is 46.5 Å². The van der Waals surface area contributed by atoms with E-state index in [0.29, 0.717) is 18.8 Å². The van der Waals surface area contributed by atoms with E-state index in [4.69, 9.17) is 5.11 Å². The molecule has 4 atom stereocenters. The third-order valence-corrected chi connectivity index (χ3v) is 8.57. The number of carbonyl (C=O) groups is 1. The van der Waals surface area contributed by atoms with Crippen molar-refractivity contribution in [2.24, 2.45) is 23.2 Å². The largest absolute Gasteiger partial charge is 0.481 e. The summed E-state index contributed by atoms with van der Waals surface area (Å²) in [5, 5.41) is 19.6. The second-order valence-electron chi connectivity index (χ2n) is 9.25. The van der Waals surface area contributed by atoms with E-state index in [1.165, 1.54) is 24.3 Å². The fourth-order valence-electron chi connectivity index (χ4n) is 5.08. The molecule has 3 aliphatic carbocycles. The quantitative estimate of drug-likeness (QED) is 0.239. The van der Waals surface area contributed by atoms with E-state index < -0.39 is 20.9 Å². The molecule has 31 heavy (non-hydrogen) atoms. The molecule has 2 bridgehead atoms. The Bertz CT molecular complexity index is 955. The predicted molar refractivity (Wildman–Crippen MR) is 116 cm³/mol. The summed E-state index contributed by atoms with van der Waals surface area (Å²) in [7, 11) is -3.80. The van der Waals surface area contributed by atoms with Gasteiger partial charge in [-0.15, -0.1) is 0 Å². The first-order valence-corrected chi connectivity index (χ1v) is 12.1. The van der Waals surface area contributed by atoms with E-state index in [-0.39, 0.29) is 40.3 Å². The van der Waals surface area contributed by atoms with Gasteiger partial charge in [-0.25, -0.2) is 13.1 Å². The molecule has 3 fully saturated rings. The zero-order chi connectivity index (χ0) is 22.8. The van der Waals surface area contributed by atoms with Gasteiger partial charge in [-0.05, 0) is 67.4 Å². The highest BCUT2D eigenvalue weighted by Crippen LogP contribution is 2.61. The number of hydrogen-bond donors (Lipinski definition) is 2. The van der Waals surface area contributed by atoms with Gasteiger partial charge < -0.3 is 5.11 Å². The zero-order valence-corrected chi connectivity index (χ0v) is 18.7. The Morgan fingerprint density at radius 2 is 1.94 bits per heavy atom. The normalized spacial score (nSPS) is 27.0. The highest BCUT2D eigenvalue weighted by molar-refractivity contribution is 7.89. The van der Waals surface area contributed by atoms with Crippen molar-refractivity contribution in [2.75, 3.05) is 0 Å². The Kier molecular flexibility index (Phi) is 6.85. The lowest BCUT2D eigenvalue weighted by Crippen LogP contribution is -2.63.